The summed E-state index contributed by atoms with van der Waals surface area (Å²) in [6.45, 7) is 1.93. The number of carbonyl (C=O) groups excluding carboxylic acids is 1. The fourth-order valence-electron chi connectivity index (χ4n) is 3.59. The number of carbonyl (C=O) groups is 1. The highest BCUT2D eigenvalue weighted by atomic mass is 32.2. The molecule has 0 saturated carbocycles. The van der Waals surface area contributed by atoms with Gasteiger partial charge in [-0.1, -0.05) is 0 Å². The molecule has 2 fully saturated rings. The van der Waals surface area contributed by atoms with Crippen molar-refractivity contribution < 1.29 is 17.6 Å². The Labute approximate surface area is 158 Å². The van der Waals surface area contributed by atoms with E-state index in [1.54, 1.807) is 6.07 Å². The third kappa shape index (κ3) is 4.46. The molecule has 2 aliphatic heterocycles. The number of nitrogens with zero attached hydrogens (tertiary/aromatic N) is 2. The Balaban J connectivity index is 1.64. The largest absolute Gasteiger partial charge is 0.354 e. The zero-order chi connectivity index (χ0) is 19.4. The Kier molecular flexibility index (Phi) is 6.09. The number of halogens is 1. The number of rotatable bonds is 5. The molecule has 1 aromatic carbocycles. The molecule has 27 heavy (non-hydrogen) atoms. The van der Waals surface area contributed by atoms with Gasteiger partial charge in [0.25, 0.3) is 0 Å². The molecule has 1 amide bonds. The smallest absolute Gasteiger partial charge is 0.243 e. The molecule has 7 nitrogen and oxygen atoms in total. The molecule has 2 heterocycles. The van der Waals surface area contributed by atoms with Gasteiger partial charge in [-0.2, -0.15) is 9.57 Å². The van der Waals surface area contributed by atoms with Crippen LogP contribution < -0.4 is 10.6 Å². The van der Waals surface area contributed by atoms with Gasteiger partial charge in [0.1, 0.15) is 11.9 Å². The normalized spacial score (nSPS) is 23.7. The van der Waals surface area contributed by atoms with Gasteiger partial charge in [0.05, 0.1) is 16.5 Å². The lowest BCUT2D eigenvalue weighted by molar-refractivity contribution is -0.123. The minimum atomic E-state index is -3.81. The van der Waals surface area contributed by atoms with Gasteiger partial charge in [-0.3, -0.25) is 4.79 Å². The SMILES string of the molecule is N#Cc1cc(S(=O)(=O)N2CCCC(CNC(=O)C3CCCN3)C2)ccc1F. The number of amides is 1. The molecule has 0 radical (unpaired) electrons. The van der Waals surface area contributed by atoms with Gasteiger partial charge in [0, 0.05) is 19.6 Å². The van der Waals surface area contributed by atoms with Gasteiger partial charge in [-0.25, -0.2) is 12.8 Å². The summed E-state index contributed by atoms with van der Waals surface area (Å²) in [4.78, 5) is 12.0. The zero-order valence-corrected chi connectivity index (χ0v) is 15.8. The second-order valence-corrected chi connectivity index (χ2v) is 8.96. The van der Waals surface area contributed by atoms with E-state index in [9.17, 15) is 17.6 Å². The first-order chi connectivity index (χ1) is 12.9. The number of hydrogen-bond acceptors (Lipinski definition) is 5. The van der Waals surface area contributed by atoms with Crippen LogP contribution in [0.1, 0.15) is 31.2 Å². The van der Waals surface area contributed by atoms with Gasteiger partial charge < -0.3 is 10.6 Å². The van der Waals surface area contributed by atoms with Crippen LogP contribution in [0.4, 0.5) is 4.39 Å². The van der Waals surface area contributed by atoms with E-state index in [4.69, 9.17) is 5.26 Å². The maximum Gasteiger partial charge on any atom is 0.243 e. The Bertz CT molecular complexity index is 847. The molecule has 0 aliphatic carbocycles. The van der Waals surface area contributed by atoms with Crippen molar-refractivity contribution in [1.82, 2.24) is 14.9 Å². The van der Waals surface area contributed by atoms with Crippen LogP contribution in [0.15, 0.2) is 23.1 Å². The molecule has 2 unspecified atom stereocenters. The van der Waals surface area contributed by atoms with Crippen LogP contribution in [0.3, 0.4) is 0 Å². The minimum absolute atomic E-state index is 0.0229. The van der Waals surface area contributed by atoms with Crippen LogP contribution in [0.25, 0.3) is 0 Å². The number of benzene rings is 1. The third-order valence-electron chi connectivity index (χ3n) is 5.12. The summed E-state index contributed by atoms with van der Waals surface area (Å²) in [5.41, 5.74) is -0.291. The summed E-state index contributed by atoms with van der Waals surface area (Å²) in [5, 5.41) is 15.0. The molecule has 0 bridgehead atoms. The Morgan fingerprint density at radius 1 is 1.37 bits per heavy atom. The first kappa shape index (κ1) is 19.7. The average Bonchev–Trinajstić information content (AvgIpc) is 3.21. The second-order valence-electron chi connectivity index (χ2n) is 7.02. The van der Waals surface area contributed by atoms with Crippen LogP contribution in [-0.2, 0) is 14.8 Å². The summed E-state index contributed by atoms with van der Waals surface area (Å²) >= 11 is 0. The van der Waals surface area contributed by atoms with E-state index in [-0.39, 0.29) is 28.3 Å². The van der Waals surface area contributed by atoms with Crippen LogP contribution in [0.2, 0.25) is 0 Å². The van der Waals surface area contributed by atoms with E-state index in [0.717, 1.165) is 37.9 Å². The van der Waals surface area contributed by atoms with Crippen LogP contribution in [-0.4, -0.2) is 50.9 Å². The van der Waals surface area contributed by atoms with Crippen molar-refractivity contribution in [3.8, 4) is 6.07 Å². The molecule has 9 heteroatoms. The predicted octanol–water partition coefficient (Wildman–Crippen LogP) is 0.966. The van der Waals surface area contributed by atoms with Crippen molar-refractivity contribution in [2.75, 3.05) is 26.2 Å². The fraction of sp³-hybridized carbons (Fsp3) is 0.556. The first-order valence-corrected chi connectivity index (χ1v) is 10.6. The van der Waals surface area contributed by atoms with E-state index < -0.39 is 15.8 Å². The Morgan fingerprint density at radius 2 is 2.19 bits per heavy atom. The van der Waals surface area contributed by atoms with Crippen molar-refractivity contribution in [3.05, 3.63) is 29.6 Å². The van der Waals surface area contributed by atoms with Gasteiger partial charge in [-0.05, 0) is 56.3 Å². The number of hydrogen-bond donors (Lipinski definition) is 2. The number of nitrogens with one attached hydrogen (secondary N) is 2. The van der Waals surface area contributed by atoms with Crippen molar-refractivity contribution in [2.45, 2.75) is 36.6 Å². The number of sulfonamides is 1. The molecule has 0 aromatic heterocycles. The van der Waals surface area contributed by atoms with Gasteiger partial charge in [0.2, 0.25) is 15.9 Å². The number of nitriles is 1. The Hall–Kier alpha value is -2.02. The first-order valence-electron chi connectivity index (χ1n) is 9.12. The van der Waals surface area contributed by atoms with E-state index in [0.29, 0.717) is 26.1 Å². The summed E-state index contributed by atoms with van der Waals surface area (Å²) in [6, 6.07) is 4.77. The molecule has 1 aromatic rings. The zero-order valence-electron chi connectivity index (χ0n) is 14.9. The van der Waals surface area contributed by atoms with Crippen molar-refractivity contribution >= 4 is 15.9 Å². The lowest BCUT2D eigenvalue weighted by atomic mass is 9.99. The number of piperidine rings is 1. The van der Waals surface area contributed by atoms with Gasteiger partial charge >= 0.3 is 0 Å². The van der Waals surface area contributed by atoms with Crippen LogP contribution in [0.5, 0.6) is 0 Å². The van der Waals surface area contributed by atoms with Crippen molar-refractivity contribution in [1.29, 1.82) is 5.26 Å². The molecule has 2 aliphatic rings. The molecule has 0 spiro atoms. The molecule has 2 atom stereocenters. The van der Waals surface area contributed by atoms with Crippen molar-refractivity contribution in [2.24, 2.45) is 5.92 Å². The van der Waals surface area contributed by atoms with E-state index in [1.807, 2.05) is 0 Å². The van der Waals surface area contributed by atoms with E-state index in [1.165, 1.54) is 10.4 Å². The third-order valence-corrected chi connectivity index (χ3v) is 6.98. The summed E-state index contributed by atoms with van der Waals surface area (Å²) in [7, 11) is -3.81. The maximum absolute atomic E-state index is 13.5. The maximum atomic E-state index is 13.5. The summed E-state index contributed by atoms with van der Waals surface area (Å²) < 4.78 is 40.6. The quantitative estimate of drug-likeness (QED) is 0.775. The molecule has 3 rings (SSSR count). The fourth-order valence-corrected chi connectivity index (χ4v) is 5.17. The van der Waals surface area contributed by atoms with Gasteiger partial charge in [-0.15, -0.1) is 0 Å². The Morgan fingerprint density at radius 3 is 2.89 bits per heavy atom. The molecular formula is C18H23FN4O3S. The van der Waals surface area contributed by atoms with Gasteiger partial charge in [0.15, 0.2) is 0 Å². The standard InChI is InChI=1S/C18H23FN4O3S/c19-16-6-5-15(9-14(16)10-20)27(25,26)23-8-2-3-13(12-23)11-22-18(24)17-4-1-7-21-17/h5-6,9,13,17,21H,1-4,7-8,11-12H2,(H,22,24). The molecule has 2 saturated heterocycles. The lowest BCUT2D eigenvalue weighted by Gasteiger charge is -2.32. The lowest BCUT2D eigenvalue weighted by Crippen LogP contribution is -2.46. The highest BCUT2D eigenvalue weighted by molar-refractivity contribution is 7.89. The molecular weight excluding hydrogens is 371 g/mol. The van der Waals surface area contributed by atoms with E-state index >= 15 is 0 Å². The highest BCUT2D eigenvalue weighted by Crippen LogP contribution is 2.24. The summed E-state index contributed by atoms with van der Waals surface area (Å²) in [5.74, 6) is -0.754. The minimum Gasteiger partial charge on any atom is -0.354 e. The monoisotopic (exact) mass is 394 g/mol. The van der Waals surface area contributed by atoms with Crippen molar-refractivity contribution in [3.63, 3.8) is 0 Å². The van der Waals surface area contributed by atoms with E-state index in [2.05, 4.69) is 10.6 Å². The van der Waals surface area contributed by atoms with Crippen LogP contribution >= 0.6 is 0 Å². The summed E-state index contributed by atoms with van der Waals surface area (Å²) in [6.07, 6.45) is 3.32. The molecule has 146 valence electrons. The second kappa shape index (κ2) is 8.33. The van der Waals surface area contributed by atoms with Crippen LogP contribution in [0, 0.1) is 23.1 Å². The topological polar surface area (TPSA) is 102 Å². The highest BCUT2D eigenvalue weighted by Gasteiger charge is 2.31. The molecule has 2 N–H and O–H groups in total. The predicted molar refractivity (Wildman–Crippen MR) is 96.6 cm³/mol. The average molecular weight is 394 g/mol.